The summed E-state index contributed by atoms with van der Waals surface area (Å²) in [6.07, 6.45) is 2.51. The highest BCUT2D eigenvalue weighted by Crippen LogP contribution is 2.07. The molecular weight excluding hydrogens is 250 g/mol. The van der Waals surface area contributed by atoms with Gasteiger partial charge >= 0.3 is 0 Å². The number of hydrogen-bond acceptors (Lipinski definition) is 3. The van der Waals surface area contributed by atoms with Crippen LogP contribution in [0, 0.1) is 0 Å². The Morgan fingerprint density at radius 3 is 2.50 bits per heavy atom. The molecule has 20 heavy (non-hydrogen) atoms. The molecule has 108 valence electrons. The van der Waals surface area contributed by atoms with Gasteiger partial charge in [0.15, 0.2) is 0 Å². The molecule has 1 fully saturated rings. The summed E-state index contributed by atoms with van der Waals surface area (Å²) < 4.78 is 0. The molecule has 0 saturated carbocycles. The van der Waals surface area contributed by atoms with Gasteiger partial charge in [0.05, 0.1) is 6.04 Å². The first-order valence-corrected chi connectivity index (χ1v) is 7.12. The van der Waals surface area contributed by atoms with Gasteiger partial charge in [0.2, 0.25) is 5.91 Å². The van der Waals surface area contributed by atoms with Crippen LogP contribution in [0.4, 0.5) is 0 Å². The minimum Gasteiger partial charge on any atom is -0.339 e. The SMILES string of the molecule is C=CCN1CCN(C(=O)[C@@H](N)Cc2ccccc2)CC1. The van der Waals surface area contributed by atoms with Gasteiger partial charge in [-0.2, -0.15) is 0 Å². The normalized spacial score (nSPS) is 17.8. The lowest BCUT2D eigenvalue weighted by Gasteiger charge is -2.35. The Hall–Kier alpha value is -1.65. The van der Waals surface area contributed by atoms with Crippen LogP contribution in [0.15, 0.2) is 43.0 Å². The minimum absolute atomic E-state index is 0.0621. The molecule has 1 saturated heterocycles. The van der Waals surface area contributed by atoms with Crippen molar-refractivity contribution in [1.82, 2.24) is 9.80 Å². The molecule has 1 aromatic carbocycles. The highest BCUT2D eigenvalue weighted by Gasteiger charge is 2.24. The zero-order valence-electron chi connectivity index (χ0n) is 11.9. The second-order valence-electron chi connectivity index (χ2n) is 5.21. The van der Waals surface area contributed by atoms with Crippen LogP contribution >= 0.6 is 0 Å². The zero-order valence-corrected chi connectivity index (χ0v) is 11.9. The van der Waals surface area contributed by atoms with Crippen molar-refractivity contribution in [2.75, 3.05) is 32.7 Å². The summed E-state index contributed by atoms with van der Waals surface area (Å²) in [6.45, 7) is 7.94. The summed E-state index contributed by atoms with van der Waals surface area (Å²) in [5, 5.41) is 0. The van der Waals surface area contributed by atoms with E-state index in [4.69, 9.17) is 5.73 Å². The predicted molar refractivity (Wildman–Crippen MR) is 81.3 cm³/mol. The van der Waals surface area contributed by atoms with E-state index in [0.29, 0.717) is 6.42 Å². The monoisotopic (exact) mass is 273 g/mol. The lowest BCUT2D eigenvalue weighted by molar-refractivity contribution is -0.134. The molecule has 1 amide bonds. The second kappa shape index (κ2) is 7.22. The van der Waals surface area contributed by atoms with Crippen molar-refractivity contribution in [3.05, 3.63) is 48.6 Å². The van der Waals surface area contributed by atoms with Crippen LogP contribution in [0.2, 0.25) is 0 Å². The maximum atomic E-state index is 12.3. The first kappa shape index (κ1) is 14.8. The van der Waals surface area contributed by atoms with Crippen molar-refractivity contribution in [2.24, 2.45) is 5.73 Å². The van der Waals surface area contributed by atoms with Gasteiger partial charge in [0.1, 0.15) is 0 Å². The van der Waals surface area contributed by atoms with Crippen LogP contribution in [0.25, 0.3) is 0 Å². The lowest BCUT2D eigenvalue weighted by atomic mass is 10.1. The van der Waals surface area contributed by atoms with Crippen molar-refractivity contribution in [3.8, 4) is 0 Å². The molecule has 1 heterocycles. The predicted octanol–water partition coefficient (Wildman–Crippen LogP) is 0.887. The van der Waals surface area contributed by atoms with Crippen LogP contribution in [0.5, 0.6) is 0 Å². The number of rotatable bonds is 5. The summed E-state index contributed by atoms with van der Waals surface area (Å²) >= 11 is 0. The largest absolute Gasteiger partial charge is 0.339 e. The Labute approximate surface area is 120 Å². The third-order valence-electron chi connectivity index (χ3n) is 3.69. The van der Waals surface area contributed by atoms with E-state index in [-0.39, 0.29) is 5.91 Å². The molecule has 2 rings (SSSR count). The van der Waals surface area contributed by atoms with E-state index in [2.05, 4.69) is 11.5 Å². The number of nitrogens with zero attached hydrogens (tertiary/aromatic N) is 2. The lowest BCUT2D eigenvalue weighted by Crippen LogP contribution is -2.53. The van der Waals surface area contributed by atoms with Crippen LogP contribution in [-0.2, 0) is 11.2 Å². The summed E-state index contributed by atoms with van der Waals surface area (Å²) in [6, 6.07) is 9.49. The average molecular weight is 273 g/mol. The number of nitrogens with two attached hydrogens (primary N) is 1. The Kier molecular flexibility index (Phi) is 5.32. The van der Waals surface area contributed by atoms with E-state index in [1.54, 1.807) is 0 Å². The molecule has 1 aliphatic rings. The van der Waals surface area contributed by atoms with Crippen molar-refractivity contribution in [3.63, 3.8) is 0 Å². The van der Waals surface area contributed by atoms with Crippen LogP contribution in [-0.4, -0.2) is 54.5 Å². The van der Waals surface area contributed by atoms with Crippen molar-refractivity contribution in [2.45, 2.75) is 12.5 Å². The summed E-state index contributed by atoms with van der Waals surface area (Å²) in [4.78, 5) is 16.5. The number of carbonyl (C=O) groups is 1. The molecule has 4 nitrogen and oxygen atoms in total. The van der Waals surface area contributed by atoms with Gasteiger partial charge in [0.25, 0.3) is 0 Å². The first-order valence-electron chi connectivity index (χ1n) is 7.12. The number of amides is 1. The zero-order chi connectivity index (χ0) is 14.4. The molecular formula is C16H23N3O. The van der Waals surface area contributed by atoms with E-state index in [9.17, 15) is 4.79 Å². The fraction of sp³-hybridized carbons (Fsp3) is 0.438. The number of benzene rings is 1. The van der Waals surface area contributed by atoms with E-state index in [1.807, 2.05) is 41.3 Å². The number of piperazine rings is 1. The van der Waals surface area contributed by atoms with Crippen LogP contribution < -0.4 is 5.73 Å². The highest BCUT2D eigenvalue weighted by atomic mass is 16.2. The van der Waals surface area contributed by atoms with Gasteiger partial charge in [-0.3, -0.25) is 9.69 Å². The molecule has 1 aromatic rings. The van der Waals surface area contributed by atoms with Crippen molar-refractivity contribution in [1.29, 1.82) is 0 Å². The fourth-order valence-electron chi connectivity index (χ4n) is 2.52. The quantitative estimate of drug-likeness (QED) is 0.811. The third-order valence-corrected chi connectivity index (χ3v) is 3.69. The topological polar surface area (TPSA) is 49.6 Å². The molecule has 1 aliphatic heterocycles. The molecule has 4 heteroatoms. The molecule has 0 aromatic heterocycles. The van der Waals surface area contributed by atoms with E-state index >= 15 is 0 Å². The summed E-state index contributed by atoms with van der Waals surface area (Å²) in [5.74, 6) is 0.0621. The standard InChI is InChI=1S/C16H23N3O/c1-2-8-18-9-11-19(12-10-18)16(20)15(17)13-14-6-4-3-5-7-14/h2-7,15H,1,8-13,17H2/t15-/m0/s1. The minimum atomic E-state index is -0.441. The third kappa shape index (κ3) is 3.92. The van der Waals surface area contributed by atoms with Crippen molar-refractivity contribution >= 4 is 5.91 Å². The summed E-state index contributed by atoms with van der Waals surface area (Å²) in [7, 11) is 0. The van der Waals surface area contributed by atoms with Gasteiger partial charge in [0, 0.05) is 32.7 Å². The maximum Gasteiger partial charge on any atom is 0.239 e. The molecule has 2 N–H and O–H groups in total. The van der Waals surface area contributed by atoms with E-state index < -0.39 is 6.04 Å². The van der Waals surface area contributed by atoms with E-state index in [0.717, 1.165) is 38.3 Å². The summed E-state index contributed by atoms with van der Waals surface area (Å²) in [5.41, 5.74) is 7.16. The molecule has 0 bridgehead atoms. The molecule has 0 radical (unpaired) electrons. The second-order valence-corrected chi connectivity index (χ2v) is 5.21. The van der Waals surface area contributed by atoms with Crippen LogP contribution in [0.1, 0.15) is 5.56 Å². The van der Waals surface area contributed by atoms with Gasteiger partial charge in [-0.25, -0.2) is 0 Å². The fourth-order valence-corrected chi connectivity index (χ4v) is 2.52. The highest BCUT2D eigenvalue weighted by molar-refractivity contribution is 5.82. The van der Waals surface area contributed by atoms with Gasteiger partial charge < -0.3 is 10.6 Å². The molecule has 0 aliphatic carbocycles. The maximum absolute atomic E-state index is 12.3. The van der Waals surface area contributed by atoms with E-state index in [1.165, 1.54) is 0 Å². The Morgan fingerprint density at radius 2 is 1.90 bits per heavy atom. The molecule has 1 atom stereocenters. The average Bonchev–Trinajstić information content (AvgIpc) is 2.48. The Morgan fingerprint density at radius 1 is 1.25 bits per heavy atom. The van der Waals surface area contributed by atoms with Gasteiger partial charge in [-0.1, -0.05) is 36.4 Å². The molecule has 0 spiro atoms. The first-order chi connectivity index (χ1) is 9.70. The number of hydrogen-bond donors (Lipinski definition) is 1. The number of carbonyl (C=O) groups excluding carboxylic acids is 1. The smallest absolute Gasteiger partial charge is 0.239 e. The van der Waals surface area contributed by atoms with Crippen molar-refractivity contribution < 1.29 is 4.79 Å². The van der Waals surface area contributed by atoms with Gasteiger partial charge in [-0.15, -0.1) is 6.58 Å². The Bertz CT molecular complexity index is 438. The van der Waals surface area contributed by atoms with Gasteiger partial charge in [-0.05, 0) is 12.0 Å². The molecule has 0 unspecified atom stereocenters. The Balaban J connectivity index is 1.84. The van der Waals surface area contributed by atoms with Crippen LogP contribution in [0.3, 0.4) is 0 Å².